The Morgan fingerprint density at radius 1 is 1.04 bits per heavy atom. The smallest absolute Gasteiger partial charge is 0.266 e. The summed E-state index contributed by atoms with van der Waals surface area (Å²) in [6.45, 7) is 0. The first-order valence-electron chi connectivity index (χ1n) is 7.82. The number of carbonyl (C=O) groups is 1. The highest BCUT2D eigenvalue weighted by Crippen LogP contribution is 2.29. The number of aliphatic imine (C=N–C) groups is 1. The lowest BCUT2D eigenvalue weighted by atomic mass is 10.2. The van der Waals surface area contributed by atoms with Gasteiger partial charge in [-0.25, -0.2) is 4.99 Å². The number of amidine groups is 1. The van der Waals surface area contributed by atoms with E-state index < -0.39 is 0 Å². The van der Waals surface area contributed by atoms with E-state index >= 15 is 0 Å². The Labute approximate surface area is 168 Å². The number of benzene rings is 2. The van der Waals surface area contributed by atoms with Gasteiger partial charge in [-0.2, -0.15) is 0 Å². The van der Waals surface area contributed by atoms with Gasteiger partial charge < -0.3 is 0 Å². The molecule has 6 heteroatoms. The SMILES string of the molecule is O=C1/C(=C\c2cccs2)N=C(c2ccc(Br)cc2)N1c1ccc(Cl)cc1. The molecule has 0 bridgehead atoms. The maximum absolute atomic E-state index is 13.1. The molecule has 0 unspecified atom stereocenters. The zero-order valence-corrected chi connectivity index (χ0v) is 16.6. The average Bonchev–Trinajstić information content (AvgIpc) is 3.26. The van der Waals surface area contributed by atoms with Crippen molar-refractivity contribution in [3.8, 4) is 0 Å². The van der Waals surface area contributed by atoms with Gasteiger partial charge in [0, 0.05) is 19.9 Å². The van der Waals surface area contributed by atoms with Crippen LogP contribution in [0.4, 0.5) is 5.69 Å². The van der Waals surface area contributed by atoms with Crippen LogP contribution in [0, 0.1) is 0 Å². The van der Waals surface area contributed by atoms with E-state index in [9.17, 15) is 4.79 Å². The average molecular weight is 444 g/mol. The van der Waals surface area contributed by atoms with Crippen LogP contribution in [0.1, 0.15) is 10.4 Å². The molecule has 2 heterocycles. The number of hydrogen-bond donors (Lipinski definition) is 0. The minimum absolute atomic E-state index is 0.154. The van der Waals surface area contributed by atoms with E-state index in [0.29, 0.717) is 16.6 Å². The first-order chi connectivity index (χ1) is 12.6. The van der Waals surface area contributed by atoms with Crippen LogP contribution < -0.4 is 4.90 Å². The van der Waals surface area contributed by atoms with Crippen molar-refractivity contribution in [2.24, 2.45) is 4.99 Å². The fraction of sp³-hybridized carbons (Fsp3) is 0. The minimum atomic E-state index is -0.154. The fourth-order valence-electron chi connectivity index (χ4n) is 2.65. The molecule has 1 aliphatic rings. The van der Waals surface area contributed by atoms with Crippen molar-refractivity contribution in [3.05, 3.63) is 91.7 Å². The van der Waals surface area contributed by atoms with Crippen molar-refractivity contribution >= 4 is 62.4 Å². The van der Waals surface area contributed by atoms with Crippen LogP contribution in [-0.2, 0) is 4.79 Å². The van der Waals surface area contributed by atoms with Gasteiger partial charge in [-0.15, -0.1) is 11.3 Å². The Morgan fingerprint density at radius 3 is 2.42 bits per heavy atom. The predicted octanol–water partition coefficient (Wildman–Crippen LogP) is 6.00. The zero-order valence-electron chi connectivity index (χ0n) is 13.4. The van der Waals surface area contributed by atoms with E-state index in [-0.39, 0.29) is 5.91 Å². The van der Waals surface area contributed by atoms with Crippen molar-refractivity contribution in [3.63, 3.8) is 0 Å². The Balaban J connectivity index is 1.82. The maximum atomic E-state index is 13.1. The van der Waals surface area contributed by atoms with Crippen molar-refractivity contribution in [1.29, 1.82) is 0 Å². The van der Waals surface area contributed by atoms with Crippen LogP contribution in [0.5, 0.6) is 0 Å². The monoisotopic (exact) mass is 442 g/mol. The van der Waals surface area contributed by atoms with Gasteiger partial charge in [-0.1, -0.05) is 45.7 Å². The summed E-state index contributed by atoms with van der Waals surface area (Å²) >= 11 is 11.0. The summed E-state index contributed by atoms with van der Waals surface area (Å²) in [5.41, 5.74) is 2.02. The topological polar surface area (TPSA) is 32.7 Å². The van der Waals surface area contributed by atoms with E-state index in [1.54, 1.807) is 28.4 Å². The highest BCUT2D eigenvalue weighted by molar-refractivity contribution is 9.10. The summed E-state index contributed by atoms with van der Waals surface area (Å²) in [4.78, 5) is 20.3. The Kier molecular flexibility index (Phi) is 4.76. The van der Waals surface area contributed by atoms with E-state index in [0.717, 1.165) is 20.6 Å². The third kappa shape index (κ3) is 3.38. The van der Waals surface area contributed by atoms with Crippen molar-refractivity contribution in [2.45, 2.75) is 0 Å². The molecule has 2 aromatic carbocycles. The largest absolute Gasteiger partial charge is 0.282 e. The van der Waals surface area contributed by atoms with Crippen LogP contribution in [0.25, 0.3) is 6.08 Å². The predicted molar refractivity (Wildman–Crippen MR) is 112 cm³/mol. The number of amides is 1. The van der Waals surface area contributed by atoms with E-state index in [1.165, 1.54) is 0 Å². The van der Waals surface area contributed by atoms with Crippen molar-refractivity contribution < 1.29 is 4.79 Å². The first-order valence-corrected chi connectivity index (χ1v) is 9.87. The Bertz CT molecular complexity index is 1010. The van der Waals surface area contributed by atoms with Gasteiger partial charge in [0.2, 0.25) is 0 Å². The summed E-state index contributed by atoms with van der Waals surface area (Å²) < 4.78 is 0.971. The van der Waals surface area contributed by atoms with Crippen molar-refractivity contribution in [1.82, 2.24) is 0 Å². The molecule has 3 nitrogen and oxygen atoms in total. The number of carbonyl (C=O) groups excluding carboxylic acids is 1. The minimum Gasteiger partial charge on any atom is -0.266 e. The second kappa shape index (κ2) is 7.19. The van der Waals surface area contributed by atoms with Crippen LogP contribution in [0.3, 0.4) is 0 Å². The van der Waals surface area contributed by atoms with Gasteiger partial charge in [-0.3, -0.25) is 9.69 Å². The molecule has 0 fully saturated rings. The van der Waals surface area contributed by atoms with Gasteiger partial charge in [0.1, 0.15) is 11.5 Å². The molecule has 0 saturated heterocycles. The molecule has 0 atom stereocenters. The summed E-state index contributed by atoms with van der Waals surface area (Å²) in [5, 5.41) is 2.60. The standard InChI is InChI=1S/C20H12BrClN2OS/c21-14-5-3-13(4-6-14)19-23-18(12-17-2-1-11-26-17)20(25)24(19)16-9-7-15(22)8-10-16/h1-12H/b18-12+. The Morgan fingerprint density at radius 2 is 1.77 bits per heavy atom. The van der Waals surface area contributed by atoms with Gasteiger partial charge in [0.15, 0.2) is 0 Å². The van der Waals surface area contributed by atoms with E-state index in [2.05, 4.69) is 20.9 Å². The molecule has 0 radical (unpaired) electrons. The van der Waals surface area contributed by atoms with Gasteiger partial charge in [0.05, 0.1) is 5.69 Å². The summed E-state index contributed by atoms with van der Waals surface area (Å²) in [7, 11) is 0. The van der Waals surface area contributed by atoms with Gasteiger partial charge in [-0.05, 0) is 53.9 Å². The van der Waals surface area contributed by atoms with E-state index in [4.69, 9.17) is 11.6 Å². The third-order valence-electron chi connectivity index (χ3n) is 3.87. The van der Waals surface area contributed by atoms with Crippen LogP contribution in [0.2, 0.25) is 5.02 Å². The van der Waals surface area contributed by atoms with Crippen LogP contribution in [0.15, 0.2) is 81.2 Å². The third-order valence-corrected chi connectivity index (χ3v) is 5.47. The second-order valence-electron chi connectivity index (χ2n) is 5.60. The normalized spacial score (nSPS) is 15.6. The van der Waals surface area contributed by atoms with Gasteiger partial charge >= 0.3 is 0 Å². The Hall–Kier alpha value is -2.21. The van der Waals surface area contributed by atoms with Crippen molar-refractivity contribution in [2.75, 3.05) is 4.90 Å². The number of thiophene rings is 1. The molecule has 0 spiro atoms. The molecule has 1 amide bonds. The zero-order chi connectivity index (χ0) is 18.1. The van der Waals surface area contributed by atoms with Gasteiger partial charge in [0.25, 0.3) is 5.91 Å². The number of hydrogen-bond acceptors (Lipinski definition) is 3. The number of anilines is 1. The molecular formula is C20H12BrClN2OS. The number of halogens is 2. The van der Waals surface area contributed by atoms with Crippen LogP contribution >= 0.6 is 38.9 Å². The number of nitrogens with zero attached hydrogens (tertiary/aromatic N) is 2. The fourth-order valence-corrected chi connectivity index (χ4v) is 3.69. The molecule has 3 aromatic rings. The molecule has 1 aromatic heterocycles. The van der Waals surface area contributed by atoms with Crippen LogP contribution in [-0.4, -0.2) is 11.7 Å². The maximum Gasteiger partial charge on any atom is 0.282 e. The molecule has 4 rings (SSSR count). The summed E-state index contributed by atoms with van der Waals surface area (Å²) in [6.07, 6.45) is 1.82. The summed E-state index contributed by atoms with van der Waals surface area (Å²) in [6, 6.07) is 18.8. The first kappa shape index (κ1) is 17.2. The highest BCUT2D eigenvalue weighted by Gasteiger charge is 2.32. The second-order valence-corrected chi connectivity index (χ2v) is 7.94. The lowest BCUT2D eigenvalue weighted by Gasteiger charge is -2.18. The molecule has 0 aliphatic carbocycles. The highest BCUT2D eigenvalue weighted by atomic mass is 79.9. The van der Waals surface area contributed by atoms with E-state index in [1.807, 2.05) is 60.0 Å². The quantitative estimate of drug-likeness (QED) is 0.457. The molecule has 26 heavy (non-hydrogen) atoms. The lowest BCUT2D eigenvalue weighted by Crippen LogP contribution is -2.32. The molecule has 1 aliphatic heterocycles. The number of rotatable bonds is 3. The molecule has 0 saturated carbocycles. The lowest BCUT2D eigenvalue weighted by molar-refractivity contribution is -0.113. The molecule has 128 valence electrons. The summed E-state index contributed by atoms with van der Waals surface area (Å²) in [5.74, 6) is 0.450. The molecular weight excluding hydrogens is 432 g/mol. The molecule has 0 N–H and O–H groups in total.